The molecule has 2 heterocycles. The Bertz CT molecular complexity index is 634. The maximum atomic E-state index is 12.4. The van der Waals surface area contributed by atoms with Crippen LogP contribution in [-0.2, 0) is 11.3 Å². The normalized spacial score (nSPS) is 24.9. The van der Waals surface area contributed by atoms with Crippen LogP contribution in [0.25, 0.3) is 0 Å². The third kappa shape index (κ3) is 5.55. The van der Waals surface area contributed by atoms with Crippen molar-refractivity contribution in [3.8, 4) is 0 Å². The molecule has 1 aromatic heterocycles. The van der Waals surface area contributed by atoms with Gasteiger partial charge in [0.25, 0.3) is 0 Å². The van der Waals surface area contributed by atoms with Gasteiger partial charge in [-0.2, -0.15) is 5.10 Å². The van der Waals surface area contributed by atoms with Gasteiger partial charge in [0, 0.05) is 44.3 Å². The van der Waals surface area contributed by atoms with Crippen molar-refractivity contribution in [2.24, 2.45) is 5.92 Å². The molecule has 1 aliphatic carbocycles. The second kappa shape index (κ2) is 9.20. The first-order valence-electron chi connectivity index (χ1n) is 10.6. The zero-order valence-corrected chi connectivity index (χ0v) is 17.2. The van der Waals surface area contributed by atoms with E-state index in [0.29, 0.717) is 24.9 Å². The number of rotatable bonds is 6. The average molecular weight is 377 g/mol. The van der Waals surface area contributed by atoms with Crippen molar-refractivity contribution in [2.75, 3.05) is 19.6 Å². The molecule has 2 fully saturated rings. The molecule has 27 heavy (non-hydrogen) atoms. The Hall–Kier alpha value is -1.40. The minimum Gasteiger partial charge on any atom is -0.393 e. The summed E-state index contributed by atoms with van der Waals surface area (Å²) in [6.45, 7) is 9.96. The van der Waals surface area contributed by atoms with Crippen molar-refractivity contribution in [2.45, 2.75) is 84.4 Å². The minimum absolute atomic E-state index is 0.106. The van der Waals surface area contributed by atoms with Crippen molar-refractivity contribution in [3.05, 3.63) is 17.0 Å². The molecule has 2 aliphatic rings. The predicted octanol–water partition coefficient (Wildman–Crippen LogP) is 2.33. The zero-order chi connectivity index (χ0) is 19.4. The van der Waals surface area contributed by atoms with Crippen LogP contribution >= 0.6 is 0 Å². The lowest BCUT2D eigenvalue weighted by molar-refractivity contribution is -0.122. The molecule has 152 valence electrons. The highest BCUT2D eigenvalue weighted by Crippen LogP contribution is 2.26. The minimum atomic E-state index is -0.106. The van der Waals surface area contributed by atoms with Crippen LogP contribution in [0, 0.1) is 26.7 Å². The summed E-state index contributed by atoms with van der Waals surface area (Å²) in [5.74, 6) is 0.810. The molecule has 0 radical (unpaired) electrons. The monoisotopic (exact) mass is 376 g/mol. The Kier molecular flexibility index (Phi) is 6.93. The van der Waals surface area contributed by atoms with Crippen LogP contribution in [-0.4, -0.2) is 57.5 Å². The SMILES string of the molecule is Cc1nn(CCC(=O)N[C@@H]2CCC[C@@H](CN3CCC(O)CC3)C2)c(C)c1C. The molecule has 2 N–H and O–H groups in total. The van der Waals surface area contributed by atoms with Gasteiger partial charge in [-0.3, -0.25) is 9.48 Å². The summed E-state index contributed by atoms with van der Waals surface area (Å²) in [5.41, 5.74) is 3.42. The molecule has 6 nitrogen and oxygen atoms in total. The van der Waals surface area contributed by atoms with Crippen molar-refractivity contribution < 1.29 is 9.90 Å². The average Bonchev–Trinajstić information content (AvgIpc) is 2.89. The lowest BCUT2D eigenvalue weighted by Gasteiger charge is -2.36. The smallest absolute Gasteiger partial charge is 0.222 e. The van der Waals surface area contributed by atoms with Gasteiger partial charge >= 0.3 is 0 Å². The number of likely N-dealkylation sites (tertiary alicyclic amines) is 1. The lowest BCUT2D eigenvalue weighted by Crippen LogP contribution is -2.43. The highest BCUT2D eigenvalue weighted by atomic mass is 16.3. The summed E-state index contributed by atoms with van der Waals surface area (Å²) in [5, 5.41) is 17.5. The number of nitrogens with zero attached hydrogens (tertiary/aromatic N) is 3. The Morgan fingerprint density at radius 2 is 1.93 bits per heavy atom. The fourth-order valence-electron chi connectivity index (χ4n) is 4.57. The van der Waals surface area contributed by atoms with Crippen molar-refractivity contribution in [1.82, 2.24) is 20.0 Å². The molecule has 3 rings (SSSR count). The van der Waals surface area contributed by atoms with Gasteiger partial charge in [0.05, 0.1) is 11.8 Å². The number of carbonyl (C=O) groups is 1. The zero-order valence-electron chi connectivity index (χ0n) is 17.2. The van der Waals surface area contributed by atoms with Crippen LogP contribution < -0.4 is 5.32 Å². The van der Waals surface area contributed by atoms with Gasteiger partial charge in [-0.1, -0.05) is 6.42 Å². The van der Waals surface area contributed by atoms with Crippen LogP contribution in [0.3, 0.4) is 0 Å². The van der Waals surface area contributed by atoms with Crippen LogP contribution in [0.2, 0.25) is 0 Å². The molecule has 0 aromatic carbocycles. The van der Waals surface area contributed by atoms with Crippen molar-refractivity contribution in [1.29, 1.82) is 0 Å². The molecule has 1 saturated carbocycles. The number of carbonyl (C=O) groups excluding carboxylic acids is 1. The largest absolute Gasteiger partial charge is 0.393 e. The first-order valence-corrected chi connectivity index (χ1v) is 10.6. The van der Waals surface area contributed by atoms with Crippen LogP contribution in [0.15, 0.2) is 0 Å². The predicted molar refractivity (Wildman–Crippen MR) is 107 cm³/mol. The number of aliphatic hydroxyl groups is 1. The maximum Gasteiger partial charge on any atom is 0.222 e. The van der Waals surface area contributed by atoms with Crippen LogP contribution in [0.1, 0.15) is 61.9 Å². The molecule has 6 heteroatoms. The number of piperidine rings is 1. The molecule has 1 aromatic rings. The van der Waals surface area contributed by atoms with E-state index in [4.69, 9.17) is 0 Å². The highest BCUT2D eigenvalue weighted by molar-refractivity contribution is 5.76. The number of hydrogen-bond donors (Lipinski definition) is 2. The molecule has 0 bridgehead atoms. The third-order valence-electron chi connectivity index (χ3n) is 6.52. The van der Waals surface area contributed by atoms with Crippen LogP contribution in [0.5, 0.6) is 0 Å². The van der Waals surface area contributed by atoms with E-state index in [-0.39, 0.29) is 12.0 Å². The number of amides is 1. The van der Waals surface area contributed by atoms with Gasteiger partial charge in [-0.25, -0.2) is 0 Å². The van der Waals surface area contributed by atoms with Gasteiger partial charge in [0.15, 0.2) is 0 Å². The van der Waals surface area contributed by atoms with E-state index in [0.717, 1.165) is 56.7 Å². The Balaban J connectivity index is 1.41. The second-order valence-electron chi connectivity index (χ2n) is 8.60. The van der Waals surface area contributed by atoms with E-state index in [1.54, 1.807) is 0 Å². The first-order chi connectivity index (χ1) is 12.9. The summed E-state index contributed by atoms with van der Waals surface area (Å²) >= 11 is 0. The number of aryl methyl sites for hydroxylation is 2. The van der Waals surface area contributed by atoms with E-state index in [2.05, 4.69) is 29.2 Å². The van der Waals surface area contributed by atoms with E-state index in [1.807, 2.05) is 11.6 Å². The topological polar surface area (TPSA) is 70.4 Å². The Morgan fingerprint density at radius 3 is 2.59 bits per heavy atom. The molecule has 2 atom stereocenters. The molecule has 1 saturated heterocycles. The van der Waals surface area contributed by atoms with Crippen molar-refractivity contribution in [3.63, 3.8) is 0 Å². The maximum absolute atomic E-state index is 12.4. The van der Waals surface area contributed by atoms with E-state index in [1.165, 1.54) is 18.4 Å². The number of hydrogen-bond acceptors (Lipinski definition) is 4. The van der Waals surface area contributed by atoms with Gasteiger partial charge in [-0.05, 0) is 64.4 Å². The third-order valence-corrected chi connectivity index (χ3v) is 6.52. The molecule has 1 aliphatic heterocycles. The summed E-state index contributed by atoms with van der Waals surface area (Å²) in [6, 6.07) is 0.314. The number of nitrogens with one attached hydrogen (secondary N) is 1. The van der Waals surface area contributed by atoms with Crippen LogP contribution in [0.4, 0.5) is 0 Å². The van der Waals surface area contributed by atoms with Gasteiger partial charge in [0.2, 0.25) is 5.91 Å². The summed E-state index contributed by atoms with van der Waals surface area (Å²) in [4.78, 5) is 14.9. The lowest BCUT2D eigenvalue weighted by atomic mass is 9.85. The molecular weight excluding hydrogens is 340 g/mol. The summed E-state index contributed by atoms with van der Waals surface area (Å²) < 4.78 is 1.96. The van der Waals surface area contributed by atoms with E-state index < -0.39 is 0 Å². The van der Waals surface area contributed by atoms with Crippen molar-refractivity contribution >= 4 is 5.91 Å². The standard InChI is InChI=1S/C21H36N4O2/c1-15-16(2)23-25(17(15)3)12-9-21(27)22-19-6-4-5-18(13-19)14-24-10-7-20(26)8-11-24/h18-20,26H,4-14H2,1-3H3,(H,22,27)/t18-,19-/m1/s1. The number of aliphatic hydroxyl groups excluding tert-OH is 1. The quantitative estimate of drug-likeness (QED) is 0.799. The summed E-state index contributed by atoms with van der Waals surface area (Å²) in [6.07, 6.45) is 6.83. The fraction of sp³-hybridized carbons (Fsp3) is 0.810. The van der Waals surface area contributed by atoms with Gasteiger partial charge in [-0.15, -0.1) is 0 Å². The second-order valence-corrected chi connectivity index (χ2v) is 8.60. The molecular formula is C21H36N4O2. The summed E-state index contributed by atoms with van der Waals surface area (Å²) in [7, 11) is 0. The van der Waals surface area contributed by atoms with Gasteiger partial charge < -0.3 is 15.3 Å². The van der Waals surface area contributed by atoms with E-state index >= 15 is 0 Å². The molecule has 1 amide bonds. The molecule has 0 spiro atoms. The Labute approximate surface area is 163 Å². The number of aromatic nitrogens is 2. The van der Waals surface area contributed by atoms with E-state index in [9.17, 15) is 9.90 Å². The first kappa shape index (κ1) is 20.3. The highest BCUT2D eigenvalue weighted by Gasteiger charge is 2.26. The Morgan fingerprint density at radius 1 is 1.19 bits per heavy atom. The fourth-order valence-corrected chi connectivity index (χ4v) is 4.57. The van der Waals surface area contributed by atoms with Gasteiger partial charge in [0.1, 0.15) is 0 Å². The molecule has 0 unspecified atom stereocenters.